The third-order valence-corrected chi connectivity index (χ3v) is 5.48. The van der Waals surface area contributed by atoms with Gasteiger partial charge in [-0.1, -0.05) is 27.5 Å². The zero-order valence-electron chi connectivity index (χ0n) is 12.3. The number of benzene rings is 2. The average molecular weight is 438 g/mol. The molecular weight excluding hydrogens is 427 g/mol. The molecule has 1 atom stereocenters. The second-order valence-corrected chi connectivity index (χ2v) is 7.90. The molecule has 0 saturated heterocycles. The van der Waals surface area contributed by atoms with Crippen LogP contribution in [0, 0.1) is 12.7 Å². The molecule has 1 aliphatic heterocycles. The summed E-state index contributed by atoms with van der Waals surface area (Å²) in [4.78, 5) is 0.0115. The van der Waals surface area contributed by atoms with Gasteiger partial charge in [0.25, 0.3) is 6.29 Å². The van der Waals surface area contributed by atoms with Crippen LogP contribution in [0.3, 0.4) is 0 Å². The molecule has 2 aromatic rings. The highest BCUT2D eigenvalue weighted by molar-refractivity contribution is 9.10. The molecule has 9 heteroatoms. The summed E-state index contributed by atoms with van der Waals surface area (Å²) in [5, 5.41) is 0.0371. The lowest BCUT2D eigenvalue weighted by molar-refractivity contribution is -0.0440. The first-order chi connectivity index (χ1) is 11.3. The number of hydrogen-bond acceptors (Lipinski definition) is 5. The lowest BCUT2D eigenvalue weighted by Gasteiger charge is -2.26. The quantitative estimate of drug-likeness (QED) is 0.678. The van der Waals surface area contributed by atoms with Crippen molar-refractivity contribution in [3.63, 3.8) is 0 Å². The van der Waals surface area contributed by atoms with Crippen LogP contribution in [0.1, 0.15) is 5.56 Å². The van der Waals surface area contributed by atoms with Gasteiger partial charge < -0.3 is 9.47 Å². The van der Waals surface area contributed by atoms with E-state index in [4.69, 9.17) is 25.3 Å². The van der Waals surface area contributed by atoms with Crippen LogP contribution in [0.15, 0.2) is 39.7 Å². The van der Waals surface area contributed by atoms with Crippen molar-refractivity contribution in [1.82, 2.24) is 0 Å². The van der Waals surface area contributed by atoms with Crippen LogP contribution in [-0.2, 0) is 14.3 Å². The maximum absolute atomic E-state index is 13.4. The maximum Gasteiger partial charge on any atom is 0.300 e. The van der Waals surface area contributed by atoms with Gasteiger partial charge in [-0.25, -0.2) is 8.57 Å². The smallest absolute Gasteiger partial charge is 0.300 e. The van der Waals surface area contributed by atoms with Crippen LogP contribution in [-0.4, -0.2) is 21.3 Å². The van der Waals surface area contributed by atoms with Crippen LogP contribution in [0.5, 0.6) is 11.5 Å². The van der Waals surface area contributed by atoms with Crippen molar-refractivity contribution in [2.24, 2.45) is 0 Å². The fourth-order valence-corrected chi connectivity index (χ4v) is 4.12. The first-order valence-electron chi connectivity index (χ1n) is 6.74. The number of hydrogen-bond donors (Lipinski definition) is 0. The van der Waals surface area contributed by atoms with Gasteiger partial charge in [-0.2, -0.15) is 8.42 Å². The summed E-state index contributed by atoms with van der Waals surface area (Å²) in [6.07, 6.45) is -1.25. The molecule has 1 aliphatic rings. The van der Waals surface area contributed by atoms with Crippen LogP contribution in [0.4, 0.5) is 4.39 Å². The summed E-state index contributed by atoms with van der Waals surface area (Å²) >= 11 is 9.12. The molecule has 0 radical (unpaired) electrons. The molecule has 0 fully saturated rings. The molecule has 0 aromatic heterocycles. The van der Waals surface area contributed by atoms with Crippen molar-refractivity contribution >= 4 is 37.6 Å². The lowest BCUT2D eigenvalue weighted by atomic mass is 10.2. The summed E-state index contributed by atoms with van der Waals surface area (Å²) in [7, 11) is -4.08. The molecule has 5 nitrogen and oxygen atoms in total. The van der Waals surface area contributed by atoms with Crippen molar-refractivity contribution in [2.75, 3.05) is 6.61 Å². The summed E-state index contributed by atoms with van der Waals surface area (Å²) in [6.45, 7) is 1.44. The summed E-state index contributed by atoms with van der Waals surface area (Å²) in [6, 6.07) is 6.79. The molecule has 2 aromatic carbocycles. The normalized spacial score (nSPS) is 16.9. The van der Waals surface area contributed by atoms with Gasteiger partial charge in [-0.05, 0) is 36.8 Å². The van der Waals surface area contributed by atoms with Gasteiger partial charge in [0.1, 0.15) is 5.82 Å². The molecule has 128 valence electrons. The molecule has 0 amide bonds. The highest BCUT2D eigenvalue weighted by Crippen LogP contribution is 2.39. The zero-order chi connectivity index (χ0) is 17.5. The van der Waals surface area contributed by atoms with Gasteiger partial charge in [0.15, 0.2) is 18.1 Å². The predicted octanol–water partition coefficient (Wildman–Crippen LogP) is 4.05. The van der Waals surface area contributed by atoms with E-state index in [2.05, 4.69) is 15.9 Å². The van der Waals surface area contributed by atoms with Gasteiger partial charge in [0.05, 0.1) is 9.92 Å². The molecule has 1 heterocycles. The molecule has 0 spiro atoms. The molecular formula is C15H11BrClFO5S. The van der Waals surface area contributed by atoms with Crippen molar-refractivity contribution in [3.8, 4) is 11.5 Å². The Morgan fingerprint density at radius 3 is 2.79 bits per heavy atom. The molecule has 0 N–H and O–H groups in total. The third kappa shape index (κ3) is 3.51. The highest BCUT2D eigenvalue weighted by Gasteiger charge is 2.30. The van der Waals surface area contributed by atoms with Crippen LogP contribution < -0.4 is 9.47 Å². The van der Waals surface area contributed by atoms with E-state index in [9.17, 15) is 12.8 Å². The molecule has 0 saturated carbocycles. The molecule has 1 unspecified atom stereocenters. The van der Waals surface area contributed by atoms with Crippen molar-refractivity contribution in [3.05, 3.63) is 51.2 Å². The highest BCUT2D eigenvalue weighted by atomic mass is 79.9. The topological polar surface area (TPSA) is 61.8 Å². The first kappa shape index (κ1) is 17.5. The van der Waals surface area contributed by atoms with Crippen molar-refractivity contribution < 1.29 is 26.5 Å². The standard InChI is InChI=1S/C15H11BrClFO5S/c1-8-4-9(16)2-3-13(8)24(19,20)23-14-7-21-15-11(17)5-10(18)6-12(15)22-14/h2-6,14H,7H2,1H3. The number of aryl methyl sites for hydroxylation is 1. The first-order valence-corrected chi connectivity index (χ1v) is 9.32. The van der Waals surface area contributed by atoms with Gasteiger partial charge in [0, 0.05) is 10.5 Å². The Bertz CT molecular complexity index is 903. The van der Waals surface area contributed by atoms with Crippen molar-refractivity contribution in [1.29, 1.82) is 0 Å². The van der Waals surface area contributed by atoms with Crippen LogP contribution in [0.2, 0.25) is 5.02 Å². The Morgan fingerprint density at radius 1 is 1.33 bits per heavy atom. The van der Waals surface area contributed by atoms with E-state index in [1.165, 1.54) is 6.07 Å². The van der Waals surface area contributed by atoms with E-state index < -0.39 is 22.2 Å². The minimum Gasteiger partial charge on any atom is -0.482 e. The van der Waals surface area contributed by atoms with E-state index in [-0.39, 0.29) is 28.0 Å². The average Bonchev–Trinajstić information content (AvgIpc) is 2.45. The van der Waals surface area contributed by atoms with E-state index >= 15 is 0 Å². The largest absolute Gasteiger partial charge is 0.482 e. The van der Waals surface area contributed by atoms with E-state index in [1.807, 2.05) is 0 Å². The Labute approximate surface area is 151 Å². The predicted molar refractivity (Wildman–Crippen MR) is 88.5 cm³/mol. The number of fused-ring (bicyclic) bond motifs is 1. The molecule has 24 heavy (non-hydrogen) atoms. The second-order valence-electron chi connectivity index (χ2n) is 5.03. The zero-order valence-corrected chi connectivity index (χ0v) is 15.4. The molecule has 3 rings (SSSR count). The fraction of sp³-hybridized carbons (Fsp3) is 0.200. The lowest BCUT2D eigenvalue weighted by Crippen LogP contribution is -2.34. The van der Waals surface area contributed by atoms with Crippen LogP contribution in [0.25, 0.3) is 0 Å². The summed E-state index contributed by atoms with van der Waals surface area (Å²) in [5.41, 5.74) is 0.510. The third-order valence-electron chi connectivity index (χ3n) is 3.24. The minimum absolute atomic E-state index is 0.0115. The molecule has 0 aliphatic carbocycles. The van der Waals surface area contributed by atoms with Gasteiger partial charge >= 0.3 is 10.1 Å². The van der Waals surface area contributed by atoms with E-state index in [0.717, 1.165) is 16.6 Å². The van der Waals surface area contributed by atoms with Gasteiger partial charge in [-0.15, -0.1) is 0 Å². The second kappa shape index (κ2) is 6.51. The van der Waals surface area contributed by atoms with Gasteiger partial charge in [0.2, 0.25) is 0 Å². The fourth-order valence-electron chi connectivity index (χ4n) is 2.23. The van der Waals surface area contributed by atoms with Gasteiger partial charge in [-0.3, -0.25) is 0 Å². The number of halogens is 3. The Balaban J connectivity index is 1.84. The van der Waals surface area contributed by atoms with E-state index in [1.54, 1.807) is 19.1 Å². The molecule has 0 bridgehead atoms. The van der Waals surface area contributed by atoms with Crippen molar-refractivity contribution in [2.45, 2.75) is 18.1 Å². The summed E-state index contributed by atoms with van der Waals surface area (Å²) < 4.78 is 54.7. The summed E-state index contributed by atoms with van der Waals surface area (Å²) in [5.74, 6) is -0.497. The number of rotatable bonds is 3. The number of ether oxygens (including phenoxy) is 2. The van der Waals surface area contributed by atoms with E-state index in [0.29, 0.717) is 5.56 Å². The monoisotopic (exact) mass is 436 g/mol. The Kier molecular flexibility index (Phi) is 4.74. The SMILES string of the molecule is Cc1cc(Br)ccc1S(=O)(=O)OC1COc2c(Cl)cc(F)cc2O1. The Hall–Kier alpha value is -1.35. The maximum atomic E-state index is 13.4. The Morgan fingerprint density at radius 2 is 2.08 bits per heavy atom. The van der Waals surface area contributed by atoms with Crippen LogP contribution >= 0.6 is 27.5 Å². The minimum atomic E-state index is -4.08.